The molecular formula is C19H17N3O3. The lowest BCUT2D eigenvalue weighted by atomic mass is 10.1. The number of Topliss-reactive ketones (excluding diaryl/α,β-unsaturated/α-hetero) is 1. The van der Waals surface area contributed by atoms with E-state index in [0.717, 1.165) is 5.56 Å². The Bertz CT molecular complexity index is 852. The van der Waals surface area contributed by atoms with Crippen LogP contribution in [-0.4, -0.2) is 23.8 Å². The van der Waals surface area contributed by atoms with Crippen molar-refractivity contribution in [2.24, 2.45) is 10.8 Å². The molecule has 0 aliphatic heterocycles. The minimum Gasteiger partial charge on any atom is -0.366 e. The summed E-state index contributed by atoms with van der Waals surface area (Å²) in [5.41, 5.74) is 9.91. The lowest BCUT2D eigenvalue weighted by Gasteiger charge is -2.01. The van der Waals surface area contributed by atoms with Crippen molar-refractivity contribution in [1.82, 2.24) is 5.43 Å². The number of nitrogens with one attached hydrogen (secondary N) is 1. The van der Waals surface area contributed by atoms with Crippen LogP contribution in [0.2, 0.25) is 0 Å². The quantitative estimate of drug-likeness (QED) is 0.366. The molecule has 0 aliphatic rings. The summed E-state index contributed by atoms with van der Waals surface area (Å²) in [6, 6.07) is 13.6. The fraction of sp³-hybridized carbons (Fsp3) is 0.0526. The molecule has 0 bridgehead atoms. The van der Waals surface area contributed by atoms with Gasteiger partial charge in [-0.2, -0.15) is 5.10 Å². The van der Waals surface area contributed by atoms with Crippen molar-refractivity contribution in [2.75, 3.05) is 0 Å². The first-order valence-electron chi connectivity index (χ1n) is 7.47. The van der Waals surface area contributed by atoms with Crippen LogP contribution in [0.15, 0.2) is 59.7 Å². The number of nitrogens with zero attached hydrogens (tertiary/aromatic N) is 1. The largest absolute Gasteiger partial charge is 0.366 e. The summed E-state index contributed by atoms with van der Waals surface area (Å²) in [5, 5.41) is 3.89. The summed E-state index contributed by atoms with van der Waals surface area (Å²) in [6.07, 6.45) is 4.23. The standard InChI is InChI=1S/C19H17N3O3/c1-13(23)16-8-5-15(6-9-16)12-21-22-19(25)17-4-2-3-14(11-17)7-10-18(20)24/h2-12H,1H3,(H2,20,24)(H,22,25)/b10-7+,21-12+. The van der Waals surface area contributed by atoms with E-state index < -0.39 is 5.91 Å². The van der Waals surface area contributed by atoms with Gasteiger partial charge in [0.15, 0.2) is 5.78 Å². The number of rotatable bonds is 6. The van der Waals surface area contributed by atoms with Crippen molar-refractivity contribution >= 4 is 29.9 Å². The maximum absolute atomic E-state index is 12.1. The molecule has 126 valence electrons. The summed E-state index contributed by atoms with van der Waals surface area (Å²) in [6.45, 7) is 1.50. The number of benzene rings is 2. The molecule has 0 spiro atoms. The summed E-state index contributed by atoms with van der Waals surface area (Å²) < 4.78 is 0. The normalized spacial score (nSPS) is 10.9. The maximum atomic E-state index is 12.1. The number of hydrogen-bond donors (Lipinski definition) is 2. The van der Waals surface area contributed by atoms with Crippen molar-refractivity contribution in [3.8, 4) is 0 Å². The number of primary amides is 1. The van der Waals surface area contributed by atoms with Crippen LogP contribution >= 0.6 is 0 Å². The molecule has 0 fully saturated rings. The number of hydrogen-bond acceptors (Lipinski definition) is 4. The predicted octanol–water partition coefficient (Wildman–Crippen LogP) is 2.15. The zero-order valence-electron chi connectivity index (χ0n) is 13.6. The number of nitrogens with two attached hydrogens (primary N) is 1. The summed E-state index contributed by atoms with van der Waals surface area (Å²) in [4.78, 5) is 34.0. The first-order valence-corrected chi connectivity index (χ1v) is 7.47. The molecule has 0 radical (unpaired) electrons. The fourth-order valence-electron chi connectivity index (χ4n) is 2.00. The highest BCUT2D eigenvalue weighted by molar-refractivity contribution is 5.97. The van der Waals surface area contributed by atoms with Crippen molar-refractivity contribution in [3.63, 3.8) is 0 Å². The van der Waals surface area contributed by atoms with Crippen LogP contribution in [-0.2, 0) is 4.79 Å². The molecule has 0 aromatic heterocycles. The Labute approximate surface area is 145 Å². The average molecular weight is 335 g/mol. The Morgan fingerprint density at radius 3 is 2.36 bits per heavy atom. The first kappa shape index (κ1) is 17.8. The minimum atomic E-state index is -0.560. The van der Waals surface area contributed by atoms with Gasteiger partial charge in [-0.3, -0.25) is 14.4 Å². The monoisotopic (exact) mass is 335 g/mol. The highest BCUT2D eigenvalue weighted by Gasteiger charge is 2.04. The van der Waals surface area contributed by atoms with E-state index in [9.17, 15) is 14.4 Å². The fourth-order valence-corrected chi connectivity index (χ4v) is 2.00. The second kappa shape index (κ2) is 8.35. The third-order valence-corrected chi connectivity index (χ3v) is 3.29. The zero-order chi connectivity index (χ0) is 18.2. The lowest BCUT2D eigenvalue weighted by Crippen LogP contribution is -2.17. The van der Waals surface area contributed by atoms with E-state index >= 15 is 0 Å². The van der Waals surface area contributed by atoms with E-state index in [1.165, 1.54) is 25.3 Å². The van der Waals surface area contributed by atoms with Crippen molar-refractivity contribution < 1.29 is 14.4 Å². The molecule has 6 heteroatoms. The molecule has 25 heavy (non-hydrogen) atoms. The minimum absolute atomic E-state index is 0.0120. The van der Waals surface area contributed by atoms with Crippen LogP contribution in [0.1, 0.15) is 38.8 Å². The van der Waals surface area contributed by atoms with Crippen molar-refractivity contribution in [3.05, 3.63) is 76.9 Å². The van der Waals surface area contributed by atoms with Gasteiger partial charge in [0.05, 0.1) is 6.21 Å². The molecule has 2 aromatic rings. The third kappa shape index (κ3) is 5.54. The van der Waals surface area contributed by atoms with Crippen LogP contribution < -0.4 is 11.2 Å². The van der Waals surface area contributed by atoms with E-state index in [2.05, 4.69) is 10.5 Å². The number of hydrazone groups is 1. The second-order valence-electron chi connectivity index (χ2n) is 5.24. The molecule has 2 aromatic carbocycles. The van der Waals surface area contributed by atoms with Gasteiger partial charge in [0.1, 0.15) is 0 Å². The van der Waals surface area contributed by atoms with E-state index in [4.69, 9.17) is 5.73 Å². The number of ketones is 1. The highest BCUT2D eigenvalue weighted by Crippen LogP contribution is 2.07. The summed E-state index contributed by atoms with van der Waals surface area (Å²) >= 11 is 0. The molecule has 2 amide bonds. The van der Waals surface area contributed by atoms with Gasteiger partial charge < -0.3 is 5.73 Å². The van der Waals surface area contributed by atoms with Gasteiger partial charge in [-0.25, -0.2) is 5.43 Å². The Balaban J connectivity index is 2.01. The topological polar surface area (TPSA) is 102 Å². The number of carbonyl (C=O) groups is 3. The molecule has 3 N–H and O–H groups in total. The van der Waals surface area contributed by atoms with Crippen LogP contribution in [0.25, 0.3) is 6.08 Å². The molecular weight excluding hydrogens is 318 g/mol. The Hall–Kier alpha value is -3.54. The molecule has 0 atom stereocenters. The molecule has 2 rings (SSSR count). The summed E-state index contributed by atoms with van der Waals surface area (Å²) in [5.74, 6) is -0.955. The molecule has 6 nitrogen and oxygen atoms in total. The van der Waals surface area contributed by atoms with E-state index in [1.54, 1.807) is 48.5 Å². The smallest absolute Gasteiger partial charge is 0.271 e. The maximum Gasteiger partial charge on any atom is 0.271 e. The molecule has 0 unspecified atom stereocenters. The third-order valence-electron chi connectivity index (χ3n) is 3.29. The van der Waals surface area contributed by atoms with E-state index in [0.29, 0.717) is 16.7 Å². The SMILES string of the molecule is CC(=O)c1ccc(/C=N/NC(=O)c2cccc(/C=C/C(N)=O)c2)cc1. The first-order chi connectivity index (χ1) is 12.0. The van der Waals surface area contributed by atoms with Crippen LogP contribution in [0.3, 0.4) is 0 Å². The molecule has 0 saturated carbocycles. The second-order valence-corrected chi connectivity index (χ2v) is 5.24. The van der Waals surface area contributed by atoms with Gasteiger partial charge in [-0.05, 0) is 36.3 Å². The van der Waals surface area contributed by atoms with Gasteiger partial charge >= 0.3 is 0 Å². The van der Waals surface area contributed by atoms with E-state index in [-0.39, 0.29) is 11.7 Å². The van der Waals surface area contributed by atoms with Crippen LogP contribution in [0, 0.1) is 0 Å². The van der Waals surface area contributed by atoms with Gasteiger partial charge in [0.2, 0.25) is 5.91 Å². The van der Waals surface area contributed by atoms with Crippen molar-refractivity contribution in [2.45, 2.75) is 6.92 Å². The Morgan fingerprint density at radius 2 is 1.72 bits per heavy atom. The predicted molar refractivity (Wildman–Crippen MR) is 96.2 cm³/mol. The number of amides is 2. The lowest BCUT2D eigenvalue weighted by molar-refractivity contribution is -0.113. The van der Waals surface area contributed by atoms with Gasteiger partial charge in [0.25, 0.3) is 5.91 Å². The zero-order valence-corrected chi connectivity index (χ0v) is 13.6. The molecule has 0 aliphatic carbocycles. The molecule has 0 saturated heterocycles. The average Bonchev–Trinajstić information content (AvgIpc) is 2.60. The Kier molecular flexibility index (Phi) is 5.95. The number of carbonyl (C=O) groups excluding carboxylic acids is 3. The van der Waals surface area contributed by atoms with Gasteiger partial charge in [0, 0.05) is 17.2 Å². The Morgan fingerprint density at radius 1 is 1.00 bits per heavy atom. The molecule has 0 heterocycles. The highest BCUT2D eigenvalue weighted by atomic mass is 16.2. The van der Waals surface area contributed by atoms with Crippen LogP contribution in [0.4, 0.5) is 0 Å². The van der Waals surface area contributed by atoms with E-state index in [1.807, 2.05) is 0 Å². The summed E-state index contributed by atoms with van der Waals surface area (Å²) in [7, 11) is 0. The van der Waals surface area contributed by atoms with Gasteiger partial charge in [-0.1, -0.05) is 36.4 Å². The van der Waals surface area contributed by atoms with Gasteiger partial charge in [-0.15, -0.1) is 0 Å². The van der Waals surface area contributed by atoms with Crippen LogP contribution in [0.5, 0.6) is 0 Å². The van der Waals surface area contributed by atoms with Crippen molar-refractivity contribution in [1.29, 1.82) is 0 Å².